The highest BCUT2D eigenvalue weighted by Gasteiger charge is 2.29. The summed E-state index contributed by atoms with van der Waals surface area (Å²) in [5, 5.41) is 9.09. The molecule has 1 amide bonds. The number of hydrogen-bond acceptors (Lipinski definition) is 3. The van der Waals surface area contributed by atoms with Gasteiger partial charge in [-0.1, -0.05) is 19.8 Å². The summed E-state index contributed by atoms with van der Waals surface area (Å²) in [6.45, 7) is 2.95. The van der Waals surface area contributed by atoms with Crippen molar-refractivity contribution in [2.24, 2.45) is 5.41 Å². The molecule has 2 rings (SSSR count). The number of amides is 1. The zero-order valence-corrected chi connectivity index (χ0v) is 8.92. The fraction of sp³-hybridized carbons (Fsp3) is 0.700. The first-order valence-corrected chi connectivity index (χ1v) is 5.33. The van der Waals surface area contributed by atoms with Crippen LogP contribution in [0.2, 0.25) is 0 Å². The van der Waals surface area contributed by atoms with Crippen molar-refractivity contribution in [2.45, 2.75) is 32.6 Å². The molecule has 1 aliphatic rings. The molecule has 5 nitrogen and oxygen atoms in total. The molecule has 1 fully saturated rings. The quantitative estimate of drug-likeness (QED) is 0.781. The minimum Gasteiger partial charge on any atom is -0.349 e. The van der Waals surface area contributed by atoms with Crippen molar-refractivity contribution in [3.8, 4) is 0 Å². The molecule has 1 aliphatic carbocycles. The minimum atomic E-state index is -0.166. The molecule has 2 N–H and O–H groups in total. The predicted molar refractivity (Wildman–Crippen MR) is 55.3 cm³/mol. The van der Waals surface area contributed by atoms with Gasteiger partial charge in [0.15, 0.2) is 0 Å². The number of rotatable bonds is 3. The lowest BCUT2D eigenvalue weighted by Gasteiger charge is -2.23. The molecular formula is C10H16N4O. The van der Waals surface area contributed by atoms with Crippen molar-refractivity contribution in [3.05, 3.63) is 12.2 Å². The Hall–Kier alpha value is -1.39. The van der Waals surface area contributed by atoms with Crippen molar-refractivity contribution >= 4 is 5.91 Å². The zero-order chi connectivity index (χ0) is 10.7. The molecule has 0 atom stereocenters. The van der Waals surface area contributed by atoms with E-state index in [9.17, 15) is 4.79 Å². The Morgan fingerprint density at radius 1 is 1.60 bits per heavy atom. The van der Waals surface area contributed by atoms with E-state index in [0.717, 1.165) is 6.54 Å². The average Bonchev–Trinajstić information content (AvgIpc) is 2.85. The molecule has 0 aliphatic heterocycles. The van der Waals surface area contributed by atoms with Crippen LogP contribution in [0.1, 0.15) is 43.2 Å². The normalized spacial score (nSPS) is 19.0. The maximum absolute atomic E-state index is 11.6. The second-order valence-electron chi connectivity index (χ2n) is 4.53. The average molecular weight is 208 g/mol. The molecule has 0 radical (unpaired) electrons. The smallest absolute Gasteiger partial charge is 0.288 e. The topological polar surface area (TPSA) is 70.7 Å². The predicted octanol–water partition coefficient (Wildman–Crippen LogP) is 1.11. The number of carbonyl (C=O) groups is 1. The molecule has 82 valence electrons. The maximum atomic E-state index is 11.6. The maximum Gasteiger partial charge on any atom is 0.288 e. The SMILES string of the molecule is CC1(CNC(=O)c2ncn[nH]2)CCCC1. The van der Waals surface area contributed by atoms with E-state index in [4.69, 9.17) is 0 Å². The van der Waals surface area contributed by atoms with Crippen molar-refractivity contribution in [1.29, 1.82) is 0 Å². The van der Waals surface area contributed by atoms with Gasteiger partial charge in [0.1, 0.15) is 6.33 Å². The lowest BCUT2D eigenvalue weighted by Crippen LogP contribution is -2.34. The monoisotopic (exact) mass is 208 g/mol. The Bertz CT molecular complexity index is 327. The van der Waals surface area contributed by atoms with Crippen molar-refractivity contribution in [1.82, 2.24) is 20.5 Å². The molecule has 15 heavy (non-hydrogen) atoms. The van der Waals surface area contributed by atoms with Gasteiger partial charge in [0.2, 0.25) is 5.82 Å². The van der Waals surface area contributed by atoms with E-state index in [1.807, 2.05) is 0 Å². The van der Waals surface area contributed by atoms with Gasteiger partial charge in [-0.05, 0) is 18.3 Å². The number of aromatic amines is 1. The van der Waals surface area contributed by atoms with E-state index < -0.39 is 0 Å². The number of nitrogens with zero attached hydrogens (tertiary/aromatic N) is 2. The zero-order valence-electron chi connectivity index (χ0n) is 8.92. The molecule has 0 unspecified atom stereocenters. The van der Waals surface area contributed by atoms with Crippen molar-refractivity contribution in [3.63, 3.8) is 0 Å². The largest absolute Gasteiger partial charge is 0.349 e. The van der Waals surface area contributed by atoms with Gasteiger partial charge in [-0.25, -0.2) is 4.98 Å². The number of hydrogen-bond donors (Lipinski definition) is 2. The van der Waals surface area contributed by atoms with Crippen LogP contribution in [0.15, 0.2) is 6.33 Å². The fourth-order valence-electron chi connectivity index (χ4n) is 2.10. The van der Waals surface area contributed by atoms with E-state index in [1.54, 1.807) is 0 Å². The Labute approximate surface area is 88.7 Å². The van der Waals surface area contributed by atoms with Gasteiger partial charge < -0.3 is 5.32 Å². The summed E-state index contributed by atoms with van der Waals surface area (Å²) >= 11 is 0. The summed E-state index contributed by atoms with van der Waals surface area (Å²) in [5.74, 6) is 0.122. The fourth-order valence-corrected chi connectivity index (χ4v) is 2.10. The molecule has 1 heterocycles. The summed E-state index contributed by atoms with van der Waals surface area (Å²) in [7, 11) is 0. The van der Waals surface area contributed by atoms with Gasteiger partial charge in [-0.15, -0.1) is 0 Å². The van der Waals surface area contributed by atoms with Crippen LogP contribution in [0.5, 0.6) is 0 Å². The van der Waals surface area contributed by atoms with Crippen molar-refractivity contribution in [2.75, 3.05) is 6.54 Å². The first kappa shape index (κ1) is 10.1. The second-order valence-corrected chi connectivity index (χ2v) is 4.53. The van der Waals surface area contributed by atoms with Crippen LogP contribution < -0.4 is 5.32 Å². The highest BCUT2D eigenvalue weighted by molar-refractivity contribution is 5.90. The van der Waals surface area contributed by atoms with E-state index >= 15 is 0 Å². The van der Waals surface area contributed by atoms with Gasteiger partial charge >= 0.3 is 0 Å². The van der Waals surface area contributed by atoms with Crippen LogP contribution in [0.25, 0.3) is 0 Å². The second kappa shape index (κ2) is 4.00. The third-order valence-corrected chi connectivity index (χ3v) is 3.12. The lowest BCUT2D eigenvalue weighted by atomic mass is 9.89. The highest BCUT2D eigenvalue weighted by Crippen LogP contribution is 2.36. The molecule has 1 saturated carbocycles. The van der Waals surface area contributed by atoms with Crippen LogP contribution in [0, 0.1) is 5.41 Å². The van der Waals surface area contributed by atoms with E-state index in [1.165, 1.54) is 32.0 Å². The standard InChI is InChI=1S/C10H16N4O/c1-10(4-2-3-5-10)6-11-9(15)8-12-7-13-14-8/h7H,2-6H2,1H3,(H,11,15)(H,12,13,14). The molecule has 0 aromatic carbocycles. The molecular weight excluding hydrogens is 192 g/mol. The molecule has 1 aromatic rings. The summed E-state index contributed by atoms with van der Waals surface area (Å²) in [6, 6.07) is 0. The van der Waals surface area contributed by atoms with Crippen LogP contribution in [0.4, 0.5) is 0 Å². The first-order chi connectivity index (χ1) is 7.20. The number of H-pyrrole nitrogens is 1. The lowest BCUT2D eigenvalue weighted by molar-refractivity contribution is 0.0924. The summed E-state index contributed by atoms with van der Waals surface area (Å²) in [5.41, 5.74) is 0.273. The van der Waals surface area contributed by atoms with Gasteiger partial charge in [0.05, 0.1) is 0 Å². The van der Waals surface area contributed by atoms with E-state index in [-0.39, 0.29) is 17.1 Å². The third kappa shape index (κ3) is 2.34. The third-order valence-electron chi connectivity index (χ3n) is 3.12. The molecule has 0 bridgehead atoms. The Balaban J connectivity index is 1.85. The summed E-state index contributed by atoms with van der Waals surface area (Å²) < 4.78 is 0. The number of carbonyl (C=O) groups excluding carboxylic acids is 1. The Kier molecular flexibility index (Phi) is 2.70. The van der Waals surface area contributed by atoms with Gasteiger partial charge in [0.25, 0.3) is 5.91 Å². The number of nitrogens with one attached hydrogen (secondary N) is 2. The van der Waals surface area contributed by atoms with Gasteiger partial charge in [0, 0.05) is 6.54 Å². The number of aromatic nitrogens is 3. The minimum absolute atomic E-state index is 0.166. The van der Waals surface area contributed by atoms with Crippen LogP contribution >= 0.6 is 0 Å². The highest BCUT2D eigenvalue weighted by atomic mass is 16.2. The molecule has 0 spiro atoms. The molecule has 5 heteroatoms. The van der Waals surface area contributed by atoms with Crippen molar-refractivity contribution < 1.29 is 4.79 Å². The van der Waals surface area contributed by atoms with Crippen LogP contribution in [0.3, 0.4) is 0 Å². The van der Waals surface area contributed by atoms with E-state index in [2.05, 4.69) is 27.4 Å². The molecule has 0 saturated heterocycles. The summed E-state index contributed by atoms with van der Waals surface area (Å²) in [6.07, 6.45) is 6.28. The molecule has 1 aromatic heterocycles. The Morgan fingerprint density at radius 3 is 2.93 bits per heavy atom. The van der Waals surface area contributed by atoms with Gasteiger partial charge in [-0.3, -0.25) is 9.89 Å². The summed E-state index contributed by atoms with van der Waals surface area (Å²) in [4.78, 5) is 15.4. The van der Waals surface area contributed by atoms with Gasteiger partial charge in [-0.2, -0.15) is 5.10 Å². The Morgan fingerprint density at radius 2 is 2.33 bits per heavy atom. The first-order valence-electron chi connectivity index (χ1n) is 5.33. The van der Waals surface area contributed by atoms with E-state index in [0.29, 0.717) is 0 Å². The van der Waals surface area contributed by atoms with Crippen LogP contribution in [-0.4, -0.2) is 27.6 Å². The van der Waals surface area contributed by atoms with Crippen LogP contribution in [-0.2, 0) is 0 Å².